The Balaban J connectivity index is 2.14. The highest BCUT2D eigenvalue weighted by atomic mass is 15.3. The quantitative estimate of drug-likeness (QED) is 0.928. The second kappa shape index (κ2) is 7.12. The molecule has 1 aliphatic heterocycles. The Morgan fingerprint density at radius 3 is 2.27 bits per heavy atom. The summed E-state index contributed by atoms with van der Waals surface area (Å²) in [6.07, 6.45) is 0. The second-order valence-electron chi connectivity index (χ2n) is 7.60. The molecule has 0 bridgehead atoms. The molecule has 0 radical (unpaired) electrons. The minimum absolute atomic E-state index is 0.205. The summed E-state index contributed by atoms with van der Waals surface area (Å²) < 4.78 is 0. The van der Waals surface area contributed by atoms with Crippen molar-refractivity contribution in [3.05, 3.63) is 35.4 Å². The van der Waals surface area contributed by atoms with E-state index in [-0.39, 0.29) is 5.41 Å². The van der Waals surface area contributed by atoms with Gasteiger partial charge in [0.2, 0.25) is 0 Å². The minimum atomic E-state index is 0.205. The first kappa shape index (κ1) is 17.5. The lowest BCUT2D eigenvalue weighted by atomic mass is 9.86. The van der Waals surface area contributed by atoms with Gasteiger partial charge in [0.25, 0.3) is 0 Å². The number of hydrogen-bond donors (Lipinski definition) is 1. The predicted molar refractivity (Wildman–Crippen MR) is 95.2 cm³/mol. The van der Waals surface area contributed by atoms with E-state index in [1.165, 1.54) is 11.1 Å². The number of likely N-dealkylation sites (N-methyl/N-ethyl adjacent to an activating group) is 1. The van der Waals surface area contributed by atoms with Crippen molar-refractivity contribution in [2.75, 3.05) is 32.7 Å². The summed E-state index contributed by atoms with van der Waals surface area (Å²) in [6.45, 7) is 16.6. The molecule has 1 saturated heterocycles. The lowest BCUT2D eigenvalue weighted by molar-refractivity contribution is 0.0536. The summed E-state index contributed by atoms with van der Waals surface area (Å²) in [4.78, 5) is 5.11. The molecule has 3 heteroatoms. The van der Waals surface area contributed by atoms with Crippen LogP contribution < -0.4 is 5.73 Å². The van der Waals surface area contributed by atoms with E-state index in [4.69, 9.17) is 5.73 Å². The third-order valence-corrected chi connectivity index (χ3v) is 5.00. The molecule has 0 spiro atoms. The van der Waals surface area contributed by atoms with Crippen LogP contribution >= 0.6 is 0 Å². The van der Waals surface area contributed by atoms with E-state index in [0.29, 0.717) is 18.6 Å². The van der Waals surface area contributed by atoms with Gasteiger partial charge in [-0.3, -0.25) is 4.90 Å². The molecular formula is C19H33N3. The summed E-state index contributed by atoms with van der Waals surface area (Å²) in [6, 6.07) is 9.98. The minimum Gasteiger partial charge on any atom is -0.329 e. The van der Waals surface area contributed by atoms with Crippen LogP contribution in [0.2, 0.25) is 0 Å². The van der Waals surface area contributed by atoms with Gasteiger partial charge in [-0.25, -0.2) is 0 Å². The molecule has 0 saturated carbocycles. The molecule has 1 aromatic carbocycles. The van der Waals surface area contributed by atoms with E-state index < -0.39 is 0 Å². The molecular weight excluding hydrogens is 270 g/mol. The maximum atomic E-state index is 6.13. The van der Waals surface area contributed by atoms with E-state index in [0.717, 1.165) is 26.2 Å². The normalized spacial score (nSPS) is 22.7. The summed E-state index contributed by atoms with van der Waals surface area (Å²) >= 11 is 0. The van der Waals surface area contributed by atoms with Crippen LogP contribution in [0.25, 0.3) is 0 Å². The van der Waals surface area contributed by atoms with Gasteiger partial charge in [-0.05, 0) is 30.0 Å². The molecule has 0 aliphatic carbocycles. The molecule has 124 valence electrons. The van der Waals surface area contributed by atoms with Crippen LogP contribution in [0.5, 0.6) is 0 Å². The standard InChI is InChI=1S/C19H33N3/c1-6-21-11-12-22(15(2)14-21)18(13-20)16-7-9-17(10-8-16)19(3,4)5/h7-10,15,18H,6,11-14,20H2,1-5H3. The Morgan fingerprint density at radius 2 is 1.82 bits per heavy atom. The average Bonchev–Trinajstić information content (AvgIpc) is 2.49. The zero-order chi connectivity index (χ0) is 16.3. The lowest BCUT2D eigenvalue weighted by Crippen LogP contribution is -2.53. The summed E-state index contributed by atoms with van der Waals surface area (Å²) in [5.41, 5.74) is 9.08. The number of rotatable bonds is 4. The molecule has 22 heavy (non-hydrogen) atoms. The maximum Gasteiger partial charge on any atom is 0.0474 e. The van der Waals surface area contributed by atoms with Gasteiger partial charge in [0, 0.05) is 38.3 Å². The van der Waals surface area contributed by atoms with Gasteiger partial charge in [-0.15, -0.1) is 0 Å². The van der Waals surface area contributed by atoms with Crippen molar-refractivity contribution in [2.24, 2.45) is 5.73 Å². The monoisotopic (exact) mass is 303 g/mol. The molecule has 0 amide bonds. The summed E-state index contributed by atoms with van der Waals surface area (Å²) in [7, 11) is 0. The van der Waals surface area contributed by atoms with Crippen LogP contribution in [-0.4, -0.2) is 48.6 Å². The van der Waals surface area contributed by atoms with Crippen LogP contribution in [0.3, 0.4) is 0 Å². The number of nitrogens with zero attached hydrogens (tertiary/aromatic N) is 2. The zero-order valence-electron chi connectivity index (χ0n) is 15.0. The second-order valence-corrected chi connectivity index (χ2v) is 7.60. The van der Waals surface area contributed by atoms with Gasteiger partial charge in [0.15, 0.2) is 0 Å². The molecule has 0 aromatic heterocycles. The van der Waals surface area contributed by atoms with Crippen molar-refractivity contribution in [1.82, 2.24) is 9.80 Å². The third-order valence-electron chi connectivity index (χ3n) is 5.00. The van der Waals surface area contributed by atoms with Gasteiger partial charge < -0.3 is 10.6 Å². The van der Waals surface area contributed by atoms with Crippen molar-refractivity contribution in [1.29, 1.82) is 0 Å². The number of nitrogens with two attached hydrogens (primary N) is 1. The highest BCUT2D eigenvalue weighted by molar-refractivity contribution is 5.29. The molecule has 2 N–H and O–H groups in total. The van der Waals surface area contributed by atoms with Crippen molar-refractivity contribution in [2.45, 2.75) is 52.1 Å². The fourth-order valence-corrected chi connectivity index (χ4v) is 3.47. The third kappa shape index (κ3) is 3.89. The van der Waals surface area contributed by atoms with Crippen molar-refractivity contribution >= 4 is 0 Å². The molecule has 2 unspecified atom stereocenters. The Bertz CT molecular complexity index is 461. The summed E-state index contributed by atoms with van der Waals surface area (Å²) in [5, 5.41) is 0. The molecule has 1 heterocycles. The van der Waals surface area contributed by atoms with E-state index in [1.807, 2.05) is 0 Å². The van der Waals surface area contributed by atoms with Gasteiger partial charge in [0.1, 0.15) is 0 Å². The van der Waals surface area contributed by atoms with E-state index >= 15 is 0 Å². The van der Waals surface area contributed by atoms with Crippen molar-refractivity contribution < 1.29 is 0 Å². The Morgan fingerprint density at radius 1 is 1.18 bits per heavy atom. The number of benzene rings is 1. The fourth-order valence-electron chi connectivity index (χ4n) is 3.47. The Kier molecular flexibility index (Phi) is 5.65. The van der Waals surface area contributed by atoms with E-state index in [1.54, 1.807) is 0 Å². The van der Waals surface area contributed by atoms with Crippen molar-refractivity contribution in [3.63, 3.8) is 0 Å². The smallest absolute Gasteiger partial charge is 0.0474 e. The van der Waals surface area contributed by atoms with Gasteiger partial charge in [0.05, 0.1) is 0 Å². The Labute approximate surface area is 136 Å². The average molecular weight is 303 g/mol. The fraction of sp³-hybridized carbons (Fsp3) is 0.684. The molecule has 1 fully saturated rings. The van der Waals surface area contributed by atoms with E-state index in [9.17, 15) is 0 Å². The molecule has 1 aromatic rings. The first-order valence-corrected chi connectivity index (χ1v) is 8.65. The number of hydrogen-bond acceptors (Lipinski definition) is 3. The molecule has 2 atom stereocenters. The van der Waals surface area contributed by atoms with Crippen LogP contribution in [0.15, 0.2) is 24.3 Å². The molecule has 1 aliphatic rings. The van der Waals surface area contributed by atoms with Crippen LogP contribution in [0.4, 0.5) is 0 Å². The van der Waals surface area contributed by atoms with Gasteiger partial charge in [-0.2, -0.15) is 0 Å². The highest BCUT2D eigenvalue weighted by Gasteiger charge is 2.29. The molecule has 3 nitrogen and oxygen atoms in total. The first-order chi connectivity index (χ1) is 10.4. The number of piperazine rings is 1. The summed E-state index contributed by atoms with van der Waals surface area (Å²) in [5.74, 6) is 0. The van der Waals surface area contributed by atoms with Gasteiger partial charge in [-0.1, -0.05) is 52.0 Å². The zero-order valence-corrected chi connectivity index (χ0v) is 15.0. The van der Waals surface area contributed by atoms with Crippen LogP contribution in [0, 0.1) is 0 Å². The first-order valence-electron chi connectivity index (χ1n) is 8.65. The van der Waals surface area contributed by atoms with Gasteiger partial charge >= 0.3 is 0 Å². The molecule has 2 rings (SSSR count). The van der Waals surface area contributed by atoms with Crippen LogP contribution in [-0.2, 0) is 5.41 Å². The maximum absolute atomic E-state index is 6.13. The SMILES string of the molecule is CCN1CCN(C(CN)c2ccc(C(C)(C)C)cc2)C(C)C1. The van der Waals surface area contributed by atoms with Crippen LogP contribution in [0.1, 0.15) is 51.8 Å². The predicted octanol–water partition coefficient (Wildman–Crippen LogP) is 3.01. The van der Waals surface area contributed by atoms with E-state index in [2.05, 4.69) is 68.7 Å². The lowest BCUT2D eigenvalue weighted by Gasteiger charge is -2.43. The topological polar surface area (TPSA) is 32.5 Å². The Hall–Kier alpha value is -0.900. The highest BCUT2D eigenvalue weighted by Crippen LogP contribution is 2.28. The van der Waals surface area contributed by atoms with Crippen molar-refractivity contribution in [3.8, 4) is 0 Å². The largest absolute Gasteiger partial charge is 0.329 e.